The topological polar surface area (TPSA) is 40.5 Å². The molecule has 4 heteroatoms. The number of benzene rings is 1. The van der Waals surface area contributed by atoms with E-state index < -0.39 is 12.5 Å². The predicted molar refractivity (Wildman–Crippen MR) is 48.5 cm³/mol. The lowest BCUT2D eigenvalue weighted by atomic mass is 10.0. The van der Waals surface area contributed by atoms with Gasteiger partial charge in [0.2, 0.25) is 0 Å². The van der Waals surface area contributed by atoms with Gasteiger partial charge in [-0.2, -0.15) is 0 Å². The van der Waals surface area contributed by atoms with Gasteiger partial charge in [0.1, 0.15) is 11.9 Å². The third kappa shape index (κ3) is 2.01. The first kappa shape index (κ1) is 10.9. The van der Waals surface area contributed by atoms with Crippen LogP contribution in [0, 0.1) is 13.8 Å². The molecule has 0 aromatic heterocycles. The van der Waals surface area contributed by atoms with Gasteiger partial charge in [-0.25, -0.2) is 8.78 Å². The highest BCUT2D eigenvalue weighted by molar-refractivity contribution is 5.44. The molecule has 1 aromatic carbocycles. The maximum atomic E-state index is 12.2. The minimum Gasteiger partial charge on any atom is -0.507 e. The third-order valence-electron chi connectivity index (χ3n) is 2.03. The van der Waals surface area contributed by atoms with E-state index in [0.29, 0.717) is 5.56 Å². The number of aryl methyl sites for hydroxylation is 2. The van der Waals surface area contributed by atoms with Crippen molar-refractivity contribution in [2.24, 2.45) is 0 Å². The molecule has 0 spiro atoms. The largest absolute Gasteiger partial charge is 0.507 e. The summed E-state index contributed by atoms with van der Waals surface area (Å²) >= 11 is 0. The van der Waals surface area contributed by atoms with Crippen LogP contribution in [0.4, 0.5) is 8.78 Å². The second kappa shape index (κ2) is 3.92. The van der Waals surface area contributed by atoms with Crippen molar-refractivity contribution >= 4 is 0 Å². The van der Waals surface area contributed by atoms with Crippen LogP contribution in [0.1, 0.15) is 22.8 Å². The van der Waals surface area contributed by atoms with E-state index in [1.165, 1.54) is 6.07 Å². The fourth-order valence-corrected chi connectivity index (χ4v) is 1.35. The van der Waals surface area contributed by atoms with Crippen molar-refractivity contribution < 1.29 is 19.0 Å². The number of aliphatic hydroxyl groups is 1. The van der Waals surface area contributed by atoms with Crippen molar-refractivity contribution in [3.63, 3.8) is 0 Å². The molecule has 0 aliphatic carbocycles. The molecular formula is C10H12F2O2. The monoisotopic (exact) mass is 202 g/mol. The van der Waals surface area contributed by atoms with Crippen LogP contribution in [0.15, 0.2) is 12.1 Å². The van der Waals surface area contributed by atoms with Gasteiger partial charge >= 0.3 is 0 Å². The Hall–Kier alpha value is -1.16. The molecule has 0 aliphatic heterocycles. The van der Waals surface area contributed by atoms with Crippen molar-refractivity contribution in [2.45, 2.75) is 26.4 Å². The van der Waals surface area contributed by atoms with Gasteiger partial charge in [-0.15, -0.1) is 0 Å². The molecule has 1 aromatic rings. The number of phenolic OH excluding ortho intramolecular Hbond substituents is 1. The number of aromatic hydroxyl groups is 1. The van der Waals surface area contributed by atoms with Gasteiger partial charge < -0.3 is 10.2 Å². The van der Waals surface area contributed by atoms with Gasteiger partial charge in [0.15, 0.2) is 0 Å². The second-order valence-electron chi connectivity index (χ2n) is 3.30. The van der Waals surface area contributed by atoms with Crippen molar-refractivity contribution in [2.75, 3.05) is 0 Å². The van der Waals surface area contributed by atoms with Gasteiger partial charge in [-0.1, -0.05) is 11.6 Å². The van der Waals surface area contributed by atoms with E-state index in [1.54, 1.807) is 19.9 Å². The molecule has 14 heavy (non-hydrogen) atoms. The molecule has 0 bridgehead atoms. The lowest BCUT2D eigenvalue weighted by molar-refractivity contribution is -0.00704. The number of alkyl halides is 2. The first-order chi connectivity index (χ1) is 6.43. The second-order valence-corrected chi connectivity index (χ2v) is 3.30. The number of phenols is 1. The molecule has 1 atom stereocenters. The number of hydrogen-bond acceptors (Lipinski definition) is 2. The van der Waals surface area contributed by atoms with Gasteiger partial charge in [-0.05, 0) is 25.5 Å². The normalized spacial score (nSPS) is 13.3. The Morgan fingerprint density at radius 2 is 1.79 bits per heavy atom. The fourth-order valence-electron chi connectivity index (χ4n) is 1.35. The average molecular weight is 202 g/mol. The summed E-state index contributed by atoms with van der Waals surface area (Å²) in [5.74, 6) is -0.261. The number of hydrogen-bond donors (Lipinski definition) is 2. The zero-order valence-corrected chi connectivity index (χ0v) is 7.96. The molecule has 0 amide bonds. The lowest BCUT2D eigenvalue weighted by Gasteiger charge is -2.14. The quantitative estimate of drug-likeness (QED) is 0.772. The summed E-state index contributed by atoms with van der Waals surface area (Å²) < 4.78 is 24.4. The highest BCUT2D eigenvalue weighted by atomic mass is 19.3. The molecule has 0 aliphatic rings. The highest BCUT2D eigenvalue weighted by Crippen LogP contribution is 2.31. The van der Waals surface area contributed by atoms with Crippen molar-refractivity contribution in [1.82, 2.24) is 0 Å². The van der Waals surface area contributed by atoms with Gasteiger partial charge in [0, 0.05) is 5.56 Å². The minimum atomic E-state index is -2.89. The highest BCUT2D eigenvalue weighted by Gasteiger charge is 2.23. The average Bonchev–Trinajstić information content (AvgIpc) is 2.09. The Labute approximate surface area is 80.8 Å². The van der Waals surface area contributed by atoms with E-state index in [9.17, 15) is 13.9 Å². The molecule has 0 saturated carbocycles. The van der Waals surface area contributed by atoms with Crippen LogP contribution < -0.4 is 0 Å². The summed E-state index contributed by atoms with van der Waals surface area (Å²) in [7, 11) is 0. The number of rotatable bonds is 2. The number of aliphatic hydroxyl groups excluding tert-OH is 1. The number of halogens is 2. The third-order valence-corrected chi connectivity index (χ3v) is 2.03. The molecule has 1 unspecified atom stereocenters. The van der Waals surface area contributed by atoms with Gasteiger partial charge in [0.05, 0.1) is 0 Å². The summed E-state index contributed by atoms with van der Waals surface area (Å²) in [6.45, 7) is 3.32. The molecule has 78 valence electrons. The Morgan fingerprint density at radius 1 is 1.21 bits per heavy atom. The van der Waals surface area contributed by atoms with Crippen LogP contribution in [-0.4, -0.2) is 16.6 Å². The van der Waals surface area contributed by atoms with E-state index in [2.05, 4.69) is 0 Å². The van der Waals surface area contributed by atoms with Crippen molar-refractivity contribution in [3.05, 3.63) is 28.8 Å². The fraction of sp³-hybridized carbons (Fsp3) is 0.400. The first-order valence-corrected chi connectivity index (χ1v) is 4.19. The Balaban J connectivity index is 3.20. The van der Waals surface area contributed by atoms with Crippen molar-refractivity contribution in [1.29, 1.82) is 0 Å². The zero-order valence-electron chi connectivity index (χ0n) is 7.96. The van der Waals surface area contributed by atoms with E-state index >= 15 is 0 Å². The van der Waals surface area contributed by atoms with Crippen LogP contribution in [-0.2, 0) is 0 Å². The Kier molecular flexibility index (Phi) is 3.06. The van der Waals surface area contributed by atoms with E-state index in [0.717, 1.165) is 5.56 Å². The molecule has 1 rings (SSSR count). The van der Waals surface area contributed by atoms with Crippen molar-refractivity contribution in [3.8, 4) is 5.75 Å². The van der Waals surface area contributed by atoms with E-state index in [-0.39, 0.29) is 11.3 Å². The van der Waals surface area contributed by atoms with Gasteiger partial charge in [-0.3, -0.25) is 0 Å². The molecular weight excluding hydrogens is 190 g/mol. The van der Waals surface area contributed by atoms with Crippen LogP contribution in [0.25, 0.3) is 0 Å². The predicted octanol–water partition coefficient (Wildman–Crippen LogP) is 2.31. The summed E-state index contributed by atoms with van der Waals surface area (Å²) in [5, 5.41) is 18.6. The SMILES string of the molecule is Cc1cc(C)c(O)c(C(O)C(F)F)c1. The molecule has 0 fully saturated rings. The summed E-state index contributed by atoms with van der Waals surface area (Å²) in [5.41, 5.74) is 1.10. The Morgan fingerprint density at radius 3 is 2.29 bits per heavy atom. The molecule has 0 saturated heterocycles. The molecule has 0 heterocycles. The molecule has 2 N–H and O–H groups in total. The summed E-state index contributed by atoms with van der Waals surface area (Å²) in [6.07, 6.45) is -4.81. The van der Waals surface area contributed by atoms with Crippen LogP contribution in [0.3, 0.4) is 0 Å². The van der Waals surface area contributed by atoms with E-state index in [4.69, 9.17) is 5.11 Å². The summed E-state index contributed by atoms with van der Waals surface area (Å²) in [6, 6.07) is 3.02. The standard InChI is InChI=1S/C10H12F2O2/c1-5-3-6(2)8(13)7(4-5)9(14)10(11)12/h3-4,9-10,13-14H,1-2H3. The first-order valence-electron chi connectivity index (χ1n) is 4.19. The van der Waals surface area contributed by atoms with Crippen LogP contribution in [0.2, 0.25) is 0 Å². The maximum absolute atomic E-state index is 12.2. The molecule has 2 nitrogen and oxygen atoms in total. The smallest absolute Gasteiger partial charge is 0.268 e. The maximum Gasteiger partial charge on any atom is 0.268 e. The van der Waals surface area contributed by atoms with E-state index in [1.807, 2.05) is 0 Å². The molecule has 0 radical (unpaired) electrons. The lowest BCUT2D eigenvalue weighted by Crippen LogP contribution is -2.08. The zero-order chi connectivity index (χ0) is 10.9. The summed E-state index contributed by atoms with van der Waals surface area (Å²) in [4.78, 5) is 0. The Bertz CT molecular complexity index is 337. The minimum absolute atomic E-state index is 0.113. The van der Waals surface area contributed by atoms with Gasteiger partial charge in [0.25, 0.3) is 6.43 Å². The van der Waals surface area contributed by atoms with Crippen LogP contribution in [0.5, 0.6) is 5.75 Å². The van der Waals surface area contributed by atoms with Crippen LogP contribution >= 0.6 is 0 Å².